The Labute approximate surface area is 112 Å². The number of likely N-dealkylation sites (N-methyl/N-ethyl adjacent to an activating group) is 1. The summed E-state index contributed by atoms with van der Waals surface area (Å²) in [5.41, 5.74) is 3.76. The van der Waals surface area contributed by atoms with Crippen LogP contribution < -0.4 is 0 Å². The molecule has 0 bridgehead atoms. The van der Waals surface area contributed by atoms with Gasteiger partial charge in [-0.25, -0.2) is 4.79 Å². The van der Waals surface area contributed by atoms with Crippen molar-refractivity contribution < 1.29 is 9.90 Å². The van der Waals surface area contributed by atoms with Crippen LogP contribution in [0.4, 0.5) is 0 Å². The highest BCUT2D eigenvalue weighted by atomic mass is 16.4. The fraction of sp³-hybridized carbons (Fsp3) is 0.400. The average molecular weight is 258 g/mol. The first-order chi connectivity index (χ1) is 9.08. The number of hydrogen-bond donors (Lipinski definition) is 2. The molecule has 0 spiro atoms. The molecule has 1 unspecified atom stereocenters. The minimum atomic E-state index is -0.848. The molecular weight excluding hydrogens is 240 g/mol. The lowest BCUT2D eigenvalue weighted by atomic mass is 9.89. The molecule has 1 atom stereocenters. The number of benzene rings is 1. The number of rotatable bonds is 2. The molecule has 4 nitrogen and oxygen atoms in total. The predicted molar refractivity (Wildman–Crippen MR) is 74.8 cm³/mol. The van der Waals surface area contributed by atoms with Gasteiger partial charge in [-0.05, 0) is 51.1 Å². The fourth-order valence-corrected chi connectivity index (χ4v) is 3.08. The second-order valence-electron chi connectivity index (χ2n) is 5.48. The molecule has 0 radical (unpaired) electrons. The quantitative estimate of drug-likeness (QED) is 0.869. The Hall–Kier alpha value is -1.81. The number of carbonyl (C=O) groups is 1. The maximum Gasteiger partial charge on any atom is 0.336 e. The number of carboxylic acids is 1. The zero-order chi connectivity index (χ0) is 13.6. The van der Waals surface area contributed by atoms with E-state index < -0.39 is 5.97 Å². The van der Waals surface area contributed by atoms with Crippen molar-refractivity contribution in [2.45, 2.75) is 25.3 Å². The topological polar surface area (TPSA) is 56.3 Å². The Bertz CT molecular complexity index is 643. The van der Waals surface area contributed by atoms with Crippen LogP contribution in [0.25, 0.3) is 10.9 Å². The third kappa shape index (κ3) is 1.92. The second kappa shape index (κ2) is 4.38. The van der Waals surface area contributed by atoms with Crippen LogP contribution in [0.15, 0.2) is 18.2 Å². The Morgan fingerprint density at radius 2 is 2.21 bits per heavy atom. The first-order valence-corrected chi connectivity index (χ1v) is 6.60. The van der Waals surface area contributed by atoms with Gasteiger partial charge in [0.2, 0.25) is 0 Å². The molecule has 0 saturated heterocycles. The molecule has 1 aliphatic rings. The molecule has 19 heavy (non-hydrogen) atoms. The molecule has 1 aromatic carbocycles. The summed E-state index contributed by atoms with van der Waals surface area (Å²) < 4.78 is 0. The zero-order valence-electron chi connectivity index (χ0n) is 11.2. The van der Waals surface area contributed by atoms with Gasteiger partial charge >= 0.3 is 5.97 Å². The monoisotopic (exact) mass is 258 g/mol. The van der Waals surface area contributed by atoms with E-state index in [1.807, 2.05) is 6.07 Å². The lowest BCUT2D eigenvalue weighted by Crippen LogP contribution is -2.33. The van der Waals surface area contributed by atoms with Crippen LogP contribution in [0.2, 0.25) is 0 Å². The van der Waals surface area contributed by atoms with Gasteiger partial charge in [0.1, 0.15) is 0 Å². The average Bonchev–Trinajstić information content (AvgIpc) is 2.75. The van der Waals surface area contributed by atoms with E-state index in [0.29, 0.717) is 11.6 Å². The third-order valence-electron chi connectivity index (χ3n) is 4.14. The van der Waals surface area contributed by atoms with Gasteiger partial charge in [0.15, 0.2) is 0 Å². The number of H-pyrrole nitrogens is 1. The van der Waals surface area contributed by atoms with E-state index in [4.69, 9.17) is 0 Å². The number of nitrogens with zero attached hydrogens (tertiary/aromatic N) is 1. The minimum Gasteiger partial charge on any atom is -0.478 e. The van der Waals surface area contributed by atoms with Crippen LogP contribution in [0.3, 0.4) is 0 Å². The van der Waals surface area contributed by atoms with Gasteiger partial charge in [-0.15, -0.1) is 0 Å². The molecule has 0 aliphatic heterocycles. The minimum absolute atomic E-state index is 0.411. The largest absolute Gasteiger partial charge is 0.478 e. The standard InChI is InChI=1S/C15H18N2O2/c1-17(2)9-6-7-12-11(8-9)14-10(15(18)19)4-3-5-13(14)16-12/h3-5,9,16H,6-8H2,1-2H3,(H,18,19). The summed E-state index contributed by atoms with van der Waals surface area (Å²) in [6.45, 7) is 0. The van der Waals surface area contributed by atoms with Crippen LogP contribution in [0.1, 0.15) is 28.0 Å². The molecule has 1 aromatic heterocycles. The number of hydrogen-bond acceptors (Lipinski definition) is 2. The highest BCUT2D eigenvalue weighted by Gasteiger charge is 2.25. The summed E-state index contributed by atoms with van der Waals surface area (Å²) in [4.78, 5) is 17.0. The molecule has 2 N–H and O–H groups in total. The second-order valence-corrected chi connectivity index (χ2v) is 5.48. The van der Waals surface area contributed by atoms with Gasteiger partial charge in [-0.2, -0.15) is 0 Å². The lowest BCUT2D eigenvalue weighted by molar-refractivity contribution is 0.0699. The van der Waals surface area contributed by atoms with Gasteiger partial charge in [0.25, 0.3) is 0 Å². The van der Waals surface area contributed by atoms with Crippen LogP contribution in [0.5, 0.6) is 0 Å². The Morgan fingerprint density at radius 1 is 1.42 bits per heavy atom. The van der Waals surface area contributed by atoms with Crippen LogP contribution >= 0.6 is 0 Å². The number of aromatic carboxylic acids is 1. The summed E-state index contributed by atoms with van der Waals surface area (Å²) in [6.07, 6.45) is 3.04. The number of aryl methyl sites for hydroxylation is 1. The number of carboxylic acid groups (broad SMARTS) is 1. The summed E-state index contributed by atoms with van der Waals surface area (Å²) in [5.74, 6) is -0.848. The Kier molecular flexibility index (Phi) is 2.82. The maximum atomic E-state index is 11.4. The zero-order valence-corrected chi connectivity index (χ0v) is 11.2. The number of fused-ring (bicyclic) bond motifs is 3. The molecule has 1 aliphatic carbocycles. The first kappa shape index (κ1) is 12.2. The van der Waals surface area contributed by atoms with Crippen molar-refractivity contribution in [3.63, 3.8) is 0 Å². The van der Waals surface area contributed by atoms with Crippen molar-refractivity contribution >= 4 is 16.9 Å². The molecular formula is C15H18N2O2. The van der Waals surface area contributed by atoms with Gasteiger partial charge in [-0.1, -0.05) is 6.07 Å². The number of aromatic nitrogens is 1. The lowest BCUT2D eigenvalue weighted by Gasteiger charge is -2.28. The van der Waals surface area contributed by atoms with E-state index in [1.165, 1.54) is 11.3 Å². The van der Waals surface area contributed by atoms with Crippen LogP contribution in [-0.2, 0) is 12.8 Å². The summed E-state index contributed by atoms with van der Waals surface area (Å²) in [6, 6.07) is 5.95. The molecule has 2 aromatic rings. The predicted octanol–water partition coefficient (Wildman–Crippen LogP) is 2.29. The summed E-state index contributed by atoms with van der Waals surface area (Å²) >= 11 is 0. The normalized spacial score (nSPS) is 18.8. The van der Waals surface area contributed by atoms with Gasteiger partial charge in [0.05, 0.1) is 5.56 Å². The van der Waals surface area contributed by atoms with E-state index in [-0.39, 0.29) is 0 Å². The van der Waals surface area contributed by atoms with E-state index >= 15 is 0 Å². The van der Waals surface area contributed by atoms with Crippen LogP contribution in [-0.4, -0.2) is 41.1 Å². The molecule has 3 rings (SSSR count). The van der Waals surface area contributed by atoms with Crippen molar-refractivity contribution in [2.75, 3.05) is 14.1 Å². The van der Waals surface area contributed by atoms with Gasteiger partial charge in [-0.3, -0.25) is 0 Å². The van der Waals surface area contributed by atoms with Crippen molar-refractivity contribution in [2.24, 2.45) is 0 Å². The van der Waals surface area contributed by atoms with Crippen molar-refractivity contribution in [3.05, 3.63) is 35.0 Å². The van der Waals surface area contributed by atoms with E-state index in [0.717, 1.165) is 30.2 Å². The van der Waals surface area contributed by atoms with Crippen molar-refractivity contribution in [1.29, 1.82) is 0 Å². The van der Waals surface area contributed by atoms with Gasteiger partial charge in [0, 0.05) is 22.6 Å². The highest BCUT2D eigenvalue weighted by Crippen LogP contribution is 2.32. The first-order valence-electron chi connectivity index (χ1n) is 6.60. The number of aromatic amines is 1. The molecule has 1 heterocycles. The van der Waals surface area contributed by atoms with E-state index in [2.05, 4.69) is 24.0 Å². The summed E-state index contributed by atoms with van der Waals surface area (Å²) in [7, 11) is 4.17. The van der Waals surface area contributed by atoms with Crippen molar-refractivity contribution in [1.82, 2.24) is 9.88 Å². The molecule has 100 valence electrons. The third-order valence-corrected chi connectivity index (χ3v) is 4.14. The van der Waals surface area contributed by atoms with Crippen LogP contribution in [0, 0.1) is 0 Å². The SMILES string of the molecule is CN(C)C1CCc2[nH]c3cccc(C(=O)O)c3c2C1. The fourth-order valence-electron chi connectivity index (χ4n) is 3.08. The van der Waals surface area contributed by atoms with E-state index in [9.17, 15) is 9.90 Å². The van der Waals surface area contributed by atoms with Gasteiger partial charge < -0.3 is 15.0 Å². The maximum absolute atomic E-state index is 11.4. The molecule has 0 saturated carbocycles. The number of nitrogens with one attached hydrogen (secondary N) is 1. The van der Waals surface area contributed by atoms with E-state index in [1.54, 1.807) is 12.1 Å². The molecule has 0 amide bonds. The summed E-state index contributed by atoms with van der Waals surface area (Å²) in [5, 5.41) is 10.3. The van der Waals surface area contributed by atoms with Crippen molar-refractivity contribution in [3.8, 4) is 0 Å². The highest BCUT2D eigenvalue weighted by molar-refractivity contribution is 6.04. The molecule has 4 heteroatoms. The smallest absolute Gasteiger partial charge is 0.336 e. The molecule has 0 fully saturated rings. The Morgan fingerprint density at radius 3 is 2.89 bits per heavy atom. The Balaban J connectivity index is 2.18.